The molecule has 3 aromatic rings. The molecule has 3 N–H and O–H groups in total. The Morgan fingerprint density at radius 3 is 2.58 bits per heavy atom. The molecule has 0 amide bonds. The van der Waals surface area contributed by atoms with Crippen molar-refractivity contribution in [3.8, 4) is 17.3 Å². The van der Waals surface area contributed by atoms with Gasteiger partial charge in [0, 0.05) is 69.7 Å². The second-order valence-electron chi connectivity index (χ2n) is 10.1. The number of aliphatic hydroxyl groups is 2. The number of nitrogens with one attached hydrogen (secondary N) is 1. The second-order valence-corrected chi connectivity index (χ2v) is 11.1. The van der Waals surface area contributed by atoms with E-state index >= 15 is 0 Å². The highest BCUT2D eigenvalue weighted by Crippen LogP contribution is 2.30. The first-order valence-electron chi connectivity index (χ1n) is 13.1. The van der Waals surface area contributed by atoms with E-state index in [0.717, 1.165) is 43.1 Å². The fraction of sp³-hybridized carbons (Fsp3) is 0.414. The summed E-state index contributed by atoms with van der Waals surface area (Å²) in [5, 5.41) is 31.6. The first kappa shape index (κ1) is 26.8. The van der Waals surface area contributed by atoms with Crippen LogP contribution in [-0.4, -0.2) is 77.9 Å². The molecule has 0 radical (unpaired) electrons. The highest BCUT2D eigenvalue weighted by Gasteiger charge is 2.26. The molecule has 2 aliphatic rings. The van der Waals surface area contributed by atoms with Gasteiger partial charge in [0.05, 0.1) is 12.2 Å². The van der Waals surface area contributed by atoms with Crippen LogP contribution < -0.4 is 9.62 Å². The Kier molecular flexibility index (Phi) is 8.39. The molecular formula is C29H35N5O3S. The molecule has 38 heavy (non-hydrogen) atoms. The average Bonchev–Trinajstić information content (AvgIpc) is 3.27. The van der Waals surface area contributed by atoms with Crippen molar-refractivity contribution in [1.82, 2.24) is 14.2 Å². The summed E-state index contributed by atoms with van der Waals surface area (Å²) in [5.74, 6) is 0. The average molecular weight is 534 g/mol. The Morgan fingerprint density at radius 1 is 1.05 bits per heavy atom. The Morgan fingerprint density at radius 2 is 1.82 bits per heavy atom. The number of piperazine rings is 1. The van der Waals surface area contributed by atoms with Crippen LogP contribution in [0, 0.1) is 11.3 Å². The van der Waals surface area contributed by atoms with E-state index in [9.17, 15) is 15.5 Å². The van der Waals surface area contributed by atoms with Gasteiger partial charge in [0.15, 0.2) is 6.29 Å². The van der Waals surface area contributed by atoms with Crippen molar-refractivity contribution in [2.45, 2.75) is 31.3 Å². The maximum absolute atomic E-state index is 9.81. The number of benzene rings is 2. The van der Waals surface area contributed by atoms with Crippen LogP contribution in [0.15, 0.2) is 53.4 Å². The first-order valence-corrected chi connectivity index (χ1v) is 13.9. The van der Waals surface area contributed by atoms with Crippen molar-refractivity contribution in [3.05, 3.63) is 59.1 Å². The third-order valence-corrected chi connectivity index (χ3v) is 8.13. The van der Waals surface area contributed by atoms with Gasteiger partial charge in [-0.15, -0.1) is 0 Å². The maximum Gasteiger partial charge on any atom is 0.157 e. The molecule has 0 aliphatic carbocycles. The molecule has 8 nitrogen and oxygen atoms in total. The molecule has 3 atom stereocenters. The van der Waals surface area contributed by atoms with Gasteiger partial charge in [-0.1, -0.05) is 18.2 Å². The minimum Gasteiger partial charge on any atom is -0.393 e. The largest absolute Gasteiger partial charge is 0.393 e. The molecule has 2 aromatic carbocycles. The number of ether oxygens (including phenoxy) is 1. The number of nitriles is 1. The van der Waals surface area contributed by atoms with Gasteiger partial charge in [-0.25, -0.2) is 0 Å². The third-order valence-electron chi connectivity index (χ3n) is 7.39. The van der Waals surface area contributed by atoms with Crippen LogP contribution in [0.3, 0.4) is 0 Å². The van der Waals surface area contributed by atoms with Crippen LogP contribution in [0.25, 0.3) is 28.1 Å². The van der Waals surface area contributed by atoms with Crippen LogP contribution in [0.4, 0.5) is 5.69 Å². The van der Waals surface area contributed by atoms with Gasteiger partial charge in [-0.05, 0) is 71.7 Å². The molecule has 0 saturated carbocycles. The van der Waals surface area contributed by atoms with Crippen LogP contribution in [0.5, 0.6) is 0 Å². The number of aromatic nitrogens is 1. The van der Waals surface area contributed by atoms with E-state index in [-0.39, 0.29) is 12.5 Å². The number of hydrogen-bond acceptors (Lipinski definition) is 8. The SMILES string of the molecule is CN1CCN(c2ccc3cc(-c4ccc(/C=C(\C#N)SNCC5CC(O)CC(O)O5)n4C)ccc3c2)CC1. The van der Waals surface area contributed by atoms with Crippen molar-refractivity contribution in [2.75, 3.05) is 44.7 Å². The summed E-state index contributed by atoms with van der Waals surface area (Å²) in [6.45, 7) is 4.71. The number of hydrogen-bond donors (Lipinski definition) is 3. The van der Waals surface area contributed by atoms with Crippen molar-refractivity contribution >= 4 is 34.5 Å². The number of anilines is 1. The van der Waals surface area contributed by atoms with Crippen LogP contribution in [0.1, 0.15) is 18.5 Å². The van der Waals surface area contributed by atoms with Gasteiger partial charge < -0.3 is 29.3 Å². The summed E-state index contributed by atoms with van der Waals surface area (Å²) in [4.78, 5) is 5.34. The zero-order valence-corrected chi connectivity index (χ0v) is 22.7. The van der Waals surface area contributed by atoms with E-state index in [1.165, 1.54) is 28.4 Å². The second kappa shape index (κ2) is 11.9. The summed E-state index contributed by atoms with van der Waals surface area (Å²) in [6.07, 6.45) is 0.733. The number of rotatable bonds is 7. The van der Waals surface area contributed by atoms with Gasteiger partial charge in [0.1, 0.15) is 11.0 Å². The number of aliphatic hydroxyl groups excluding tert-OH is 2. The van der Waals surface area contributed by atoms with E-state index in [1.807, 2.05) is 19.2 Å². The molecule has 9 heteroatoms. The smallest absolute Gasteiger partial charge is 0.157 e. The molecule has 2 saturated heterocycles. The minimum atomic E-state index is -0.947. The topological polar surface area (TPSA) is 96.9 Å². The molecule has 1 aromatic heterocycles. The summed E-state index contributed by atoms with van der Waals surface area (Å²) < 4.78 is 10.7. The molecule has 2 fully saturated rings. The first-order chi connectivity index (χ1) is 18.4. The van der Waals surface area contributed by atoms with Gasteiger partial charge in [0.2, 0.25) is 0 Å². The molecule has 5 rings (SSSR count). The van der Waals surface area contributed by atoms with E-state index in [0.29, 0.717) is 17.9 Å². The fourth-order valence-corrected chi connectivity index (χ4v) is 5.79. The van der Waals surface area contributed by atoms with Gasteiger partial charge >= 0.3 is 0 Å². The van der Waals surface area contributed by atoms with E-state index in [4.69, 9.17) is 4.74 Å². The predicted octanol–water partition coefficient (Wildman–Crippen LogP) is 3.56. The molecule has 2 aliphatic heterocycles. The van der Waals surface area contributed by atoms with Crippen LogP contribution in [-0.2, 0) is 11.8 Å². The van der Waals surface area contributed by atoms with Gasteiger partial charge in [0.25, 0.3) is 0 Å². The number of nitrogens with zero attached hydrogens (tertiary/aromatic N) is 4. The van der Waals surface area contributed by atoms with E-state index in [1.54, 1.807) is 0 Å². The number of likely N-dealkylation sites (N-methyl/N-ethyl adjacent to an activating group) is 1. The maximum atomic E-state index is 9.81. The third kappa shape index (κ3) is 6.24. The normalized spacial score (nSPS) is 23.1. The molecule has 200 valence electrons. The lowest BCUT2D eigenvalue weighted by molar-refractivity contribution is -0.186. The highest BCUT2D eigenvalue weighted by molar-refractivity contribution is 8.01. The fourth-order valence-electron chi connectivity index (χ4n) is 5.14. The zero-order valence-electron chi connectivity index (χ0n) is 21.9. The van der Waals surface area contributed by atoms with Gasteiger partial charge in [-0.3, -0.25) is 4.72 Å². The number of allylic oxidation sites excluding steroid dienone is 1. The lowest BCUT2D eigenvalue weighted by Gasteiger charge is -2.34. The van der Waals surface area contributed by atoms with Crippen molar-refractivity contribution in [1.29, 1.82) is 5.26 Å². The molecular weight excluding hydrogens is 498 g/mol. The van der Waals surface area contributed by atoms with E-state index < -0.39 is 12.4 Å². The van der Waals surface area contributed by atoms with Crippen LogP contribution >= 0.6 is 11.9 Å². The monoisotopic (exact) mass is 533 g/mol. The Hall–Kier alpha value is -2.84. The quantitative estimate of drug-likeness (QED) is 0.313. The number of fused-ring (bicyclic) bond motifs is 1. The molecule has 3 unspecified atom stereocenters. The summed E-state index contributed by atoms with van der Waals surface area (Å²) >= 11 is 1.23. The van der Waals surface area contributed by atoms with Crippen molar-refractivity contribution in [2.24, 2.45) is 7.05 Å². The lowest BCUT2D eigenvalue weighted by atomic mass is 10.0. The van der Waals surface area contributed by atoms with Gasteiger partial charge in [-0.2, -0.15) is 5.26 Å². The highest BCUT2D eigenvalue weighted by atomic mass is 32.2. The Bertz CT molecular complexity index is 1330. The molecule has 3 heterocycles. The molecule has 0 spiro atoms. The standard InChI is InChI=1S/C29H35N5O3S/c1-32-9-11-34(12-10-32)24-6-5-20-13-22(4-3-21(20)14-24)28-8-7-23(33(28)2)15-27(18-30)38-31-19-26-16-25(35)17-29(36)37-26/h3-8,13-15,25-26,29,31,35-36H,9-12,16-17,19H2,1-2H3/b27-15+. The van der Waals surface area contributed by atoms with Crippen molar-refractivity contribution in [3.63, 3.8) is 0 Å². The predicted molar refractivity (Wildman–Crippen MR) is 153 cm³/mol. The summed E-state index contributed by atoms with van der Waals surface area (Å²) in [7, 11) is 4.18. The lowest BCUT2D eigenvalue weighted by Crippen LogP contribution is -2.44. The Balaban J connectivity index is 1.26. The van der Waals surface area contributed by atoms with E-state index in [2.05, 4.69) is 74.7 Å². The zero-order chi connectivity index (χ0) is 26.6. The summed E-state index contributed by atoms with van der Waals surface area (Å²) in [5.41, 5.74) is 4.41. The summed E-state index contributed by atoms with van der Waals surface area (Å²) in [6, 6.07) is 19.6. The minimum absolute atomic E-state index is 0.234. The Labute approximate surface area is 228 Å². The molecule has 0 bridgehead atoms. The van der Waals surface area contributed by atoms with Crippen LogP contribution in [0.2, 0.25) is 0 Å². The van der Waals surface area contributed by atoms with Crippen molar-refractivity contribution < 1.29 is 14.9 Å².